The second-order valence-corrected chi connectivity index (χ2v) is 5.95. The van der Waals surface area contributed by atoms with Crippen molar-refractivity contribution in [2.24, 2.45) is 5.92 Å². The highest BCUT2D eigenvalue weighted by molar-refractivity contribution is 9.10. The second kappa shape index (κ2) is 6.93. The quantitative estimate of drug-likeness (QED) is 0.925. The van der Waals surface area contributed by atoms with Gasteiger partial charge in [0.25, 0.3) is 0 Å². The molecule has 1 aromatic carbocycles. The molecule has 0 spiro atoms. The van der Waals surface area contributed by atoms with Gasteiger partial charge in [0.05, 0.1) is 5.56 Å². The number of benzene rings is 1. The maximum atomic E-state index is 8.94. The number of anilines is 1. The summed E-state index contributed by atoms with van der Waals surface area (Å²) in [6.45, 7) is 3.35. The third kappa shape index (κ3) is 3.71. The highest BCUT2D eigenvalue weighted by atomic mass is 79.9. The van der Waals surface area contributed by atoms with Crippen LogP contribution in [0.3, 0.4) is 0 Å². The molecule has 1 fully saturated rings. The lowest BCUT2D eigenvalue weighted by Crippen LogP contribution is -2.34. The molecule has 1 aromatic rings. The molecule has 19 heavy (non-hydrogen) atoms. The number of hydrogen-bond donors (Lipinski definition) is 1. The van der Waals surface area contributed by atoms with Gasteiger partial charge in [-0.1, -0.05) is 0 Å². The smallest absolute Gasteiger partial charge is 0.100 e. The van der Waals surface area contributed by atoms with Crippen molar-refractivity contribution in [2.75, 3.05) is 31.6 Å². The summed E-state index contributed by atoms with van der Waals surface area (Å²) >= 11 is 3.46. The van der Waals surface area contributed by atoms with E-state index in [1.807, 2.05) is 13.1 Å². The molecular weight excluding hydrogens is 302 g/mol. The normalized spacial score (nSPS) is 16.4. The van der Waals surface area contributed by atoms with Crippen molar-refractivity contribution in [3.63, 3.8) is 0 Å². The number of nitrogens with zero attached hydrogens (tertiary/aromatic N) is 2. The Morgan fingerprint density at radius 2 is 2.16 bits per heavy atom. The number of hydrogen-bond acceptors (Lipinski definition) is 3. The van der Waals surface area contributed by atoms with Crippen LogP contribution in [0.15, 0.2) is 22.7 Å². The van der Waals surface area contributed by atoms with Crippen LogP contribution in [0.4, 0.5) is 5.69 Å². The van der Waals surface area contributed by atoms with Crippen LogP contribution in [-0.4, -0.2) is 26.7 Å². The predicted molar refractivity (Wildman–Crippen MR) is 82.3 cm³/mol. The molecule has 102 valence electrons. The van der Waals surface area contributed by atoms with Gasteiger partial charge in [-0.3, -0.25) is 0 Å². The van der Waals surface area contributed by atoms with Gasteiger partial charge in [-0.25, -0.2) is 0 Å². The molecule has 0 bridgehead atoms. The van der Waals surface area contributed by atoms with Crippen LogP contribution < -0.4 is 10.2 Å². The van der Waals surface area contributed by atoms with E-state index in [-0.39, 0.29) is 0 Å². The van der Waals surface area contributed by atoms with Gasteiger partial charge in [-0.2, -0.15) is 5.26 Å². The van der Waals surface area contributed by atoms with E-state index in [1.165, 1.54) is 24.9 Å². The molecule has 3 nitrogen and oxygen atoms in total. The van der Waals surface area contributed by atoms with Gasteiger partial charge in [0.15, 0.2) is 0 Å². The minimum absolute atomic E-state index is 0.702. The molecule has 0 aliphatic carbocycles. The van der Waals surface area contributed by atoms with Crippen molar-refractivity contribution in [3.8, 4) is 6.07 Å². The van der Waals surface area contributed by atoms with Crippen molar-refractivity contribution in [1.29, 1.82) is 5.26 Å². The predicted octanol–water partition coefficient (Wildman–Crippen LogP) is 3.15. The SMILES string of the molecule is CNCCC1CCN(c2ccc(C#N)c(Br)c2)CC1. The molecule has 0 unspecified atom stereocenters. The van der Waals surface area contributed by atoms with Crippen molar-refractivity contribution >= 4 is 21.6 Å². The summed E-state index contributed by atoms with van der Waals surface area (Å²) in [6.07, 6.45) is 3.81. The molecule has 1 N–H and O–H groups in total. The van der Waals surface area contributed by atoms with Crippen LogP contribution in [0, 0.1) is 17.2 Å². The van der Waals surface area contributed by atoms with E-state index in [9.17, 15) is 0 Å². The topological polar surface area (TPSA) is 39.1 Å². The monoisotopic (exact) mass is 321 g/mol. The number of nitrogens with one attached hydrogen (secondary N) is 1. The molecule has 1 heterocycles. The first kappa shape index (κ1) is 14.4. The van der Waals surface area contributed by atoms with Crippen LogP contribution in [-0.2, 0) is 0 Å². The third-order valence-electron chi connectivity index (χ3n) is 3.86. The van der Waals surface area contributed by atoms with Gasteiger partial charge in [0, 0.05) is 23.2 Å². The number of piperidine rings is 1. The molecule has 0 atom stereocenters. The standard InChI is InChI=1S/C15H20BrN3/c1-18-7-4-12-5-8-19(9-6-12)14-3-2-13(11-17)15(16)10-14/h2-3,10,12,18H,4-9H2,1H3. The van der Waals surface area contributed by atoms with E-state index in [4.69, 9.17) is 5.26 Å². The molecule has 0 amide bonds. The summed E-state index contributed by atoms with van der Waals surface area (Å²) in [4.78, 5) is 2.42. The van der Waals surface area contributed by atoms with Crippen molar-refractivity contribution in [1.82, 2.24) is 5.32 Å². The largest absolute Gasteiger partial charge is 0.371 e. The van der Waals surface area contributed by atoms with Crippen LogP contribution >= 0.6 is 15.9 Å². The van der Waals surface area contributed by atoms with Gasteiger partial charge in [0.2, 0.25) is 0 Å². The summed E-state index contributed by atoms with van der Waals surface area (Å²) in [5.74, 6) is 0.852. The Morgan fingerprint density at radius 1 is 1.42 bits per heavy atom. The molecule has 0 saturated carbocycles. The first-order valence-electron chi connectivity index (χ1n) is 6.83. The Hall–Kier alpha value is -1.05. The van der Waals surface area contributed by atoms with E-state index >= 15 is 0 Å². The first-order chi connectivity index (χ1) is 9.24. The molecule has 2 rings (SSSR count). The van der Waals surface area contributed by atoms with Crippen LogP contribution in [0.1, 0.15) is 24.8 Å². The first-order valence-corrected chi connectivity index (χ1v) is 7.63. The zero-order chi connectivity index (χ0) is 13.7. The molecule has 1 saturated heterocycles. The Labute approximate surface area is 123 Å². The van der Waals surface area contributed by atoms with E-state index < -0.39 is 0 Å². The van der Waals surface area contributed by atoms with Crippen LogP contribution in [0.25, 0.3) is 0 Å². The fourth-order valence-corrected chi connectivity index (χ4v) is 3.08. The zero-order valence-electron chi connectivity index (χ0n) is 11.3. The van der Waals surface area contributed by atoms with Gasteiger partial charge >= 0.3 is 0 Å². The van der Waals surface area contributed by atoms with E-state index in [2.05, 4.69) is 44.3 Å². The van der Waals surface area contributed by atoms with Gasteiger partial charge < -0.3 is 10.2 Å². The van der Waals surface area contributed by atoms with Gasteiger partial charge in [0.1, 0.15) is 6.07 Å². The highest BCUT2D eigenvalue weighted by Crippen LogP contribution is 2.28. The van der Waals surface area contributed by atoms with Crippen molar-refractivity contribution in [2.45, 2.75) is 19.3 Å². The number of halogens is 1. The Morgan fingerprint density at radius 3 is 2.74 bits per heavy atom. The zero-order valence-corrected chi connectivity index (χ0v) is 12.9. The Bertz CT molecular complexity index is 459. The fraction of sp³-hybridized carbons (Fsp3) is 0.533. The van der Waals surface area contributed by atoms with Crippen LogP contribution in [0.5, 0.6) is 0 Å². The lowest BCUT2D eigenvalue weighted by Gasteiger charge is -2.33. The second-order valence-electron chi connectivity index (χ2n) is 5.10. The van der Waals surface area contributed by atoms with Gasteiger partial charge in [-0.05, 0) is 72.9 Å². The fourth-order valence-electron chi connectivity index (χ4n) is 2.62. The van der Waals surface area contributed by atoms with Crippen molar-refractivity contribution < 1.29 is 0 Å². The average Bonchev–Trinajstić information content (AvgIpc) is 2.45. The summed E-state index contributed by atoms with van der Waals surface area (Å²) in [5.41, 5.74) is 1.92. The average molecular weight is 322 g/mol. The summed E-state index contributed by atoms with van der Waals surface area (Å²) in [7, 11) is 2.02. The lowest BCUT2D eigenvalue weighted by atomic mass is 9.93. The highest BCUT2D eigenvalue weighted by Gasteiger charge is 2.19. The maximum Gasteiger partial charge on any atom is 0.100 e. The summed E-state index contributed by atoms with van der Waals surface area (Å²) in [5, 5.41) is 12.2. The molecule has 1 aliphatic heterocycles. The van der Waals surface area contributed by atoms with E-state index in [0.717, 1.165) is 30.0 Å². The molecule has 1 aliphatic rings. The van der Waals surface area contributed by atoms with Gasteiger partial charge in [-0.15, -0.1) is 0 Å². The lowest BCUT2D eigenvalue weighted by molar-refractivity contribution is 0.378. The molecule has 4 heteroatoms. The summed E-state index contributed by atoms with van der Waals surface area (Å²) in [6, 6.07) is 8.19. The number of nitriles is 1. The Kier molecular flexibility index (Phi) is 5.24. The minimum Gasteiger partial charge on any atom is -0.371 e. The van der Waals surface area contributed by atoms with Crippen LogP contribution in [0.2, 0.25) is 0 Å². The third-order valence-corrected chi connectivity index (χ3v) is 4.51. The minimum atomic E-state index is 0.702. The molecule has 0 aromatic heterocycles. The maximum absolute atomic E-state index is 8.94. The summed E-state index contributed by atoms with van der Waals surface area (Å²) < 4.78 is 0.893. The van der Waals surface area contributed by atoms with Crippen molar-refractivity contribution in [3.05, 3.63) is 28.2 Å². The number of rotatable bonds is 4. The van der Waals surface area contributed by atoms with E-state index in [0.29, 0.717) is 5.56 Å². The Balaban J connectivity index is 1.94. The molecular formula is C15H20BrN3. The van der Waals surface area contributed by atoms with E-state index in [1.54, 1.807) is 0 Å². The molecule has 0 radical (unpaired) electrons.